The summed E-state index contributed by atoms with van der Waals surface area (Å²) >= 11 is 0. The van der Waals surface area contributed by atoms with Crippen molar-refractivity contribution in [2.45, 2.75) is 117 Å². The van der Waals surface area contributed by atoms with Crippen molar-refractivity contribution in [2.24, 2.45) is 29.1 Å². The van der Waals surface area contributed by atoms with Crippen LogP contribution in [0.4, 0.5) is 0 Å². The van der Waals surface area contributed by atoms with E-state index in [9.17, 15) is 0 Å². The minimum atomic E-state index is 0.775. The van der Waals surface area contributed by atoms with Gasteiger partial charge in [-0.3, -0.25) is 0 Å². The monoisotopic (exact) mass is 318 g/mol. The van der Waals surface area contributed by atoms with Crippen LogP contribution < -0.4 is 0 Å². The van der Waals surface area contributed by atoms with Crippen LogP contribution >= 0.6 is 0 Å². The van der Waals surface area contributed by atoms with Crippen molar-refractivity contribution in [3.63, 3.8) is 0 Å². The van der Waals surface area contributed by atoms with E-state index >= 15 is 0 Å². The Balaban J connectivity index is 1.73. The Hall–Kier alpha value is 0. The number of hydrogen-bond acceptors (Lipinski definition) is 0. The zero-order chi connectivity index (χ0) is 16.1. The number of rotatable bonds is 2. The highest BCUT2D eigenvalue weighted by Gasteiger charge is 2.46. The largest absolute Gasteiger partial charge is 0.0625 e. The normalized spacial score (nSPS) is 39.9. The predicted octanol–water partition coefficient (Wildman–Crippen LogP) is 7.76. The molecule has 3 aliphatic rings. The average molecular weight is 319 g/mol. The van der Waals surface area contributed by atoms with Crippen LogP contribution in [0.25, 0.3) is 0 Å². The molecular weight excluding hydrogens is 276 g/mol. The molecule has 0 spiro atoms. The summed E-state index contributed by atoms with van der Waals surface area (Å²) in [4.78, 5) is 0. The minimum absolute atomic E-state index is 0.775. The Labute approximate surface area is 146 Å². The van der Waals surface area contributed by atoms with E-state index in [1.54, 1.807) is 51.4 Å². The predicted molar refractivity (Wildman–Crippen MR) is 102 cm³/mol. The van der Waals surface area contributed by atoms with Crippen molar-refractivity contribution in [2.75, 3.05) is 0 Å². The molecular formula is C23H42. The van der Waals surface area contributed by atoms with E-state index in [1.807, 2.05) is 0 Å². The molecule has 0 aromatic rings. The standard InChI is InChI=1S/C23H42/c1-19-9-3-4-12-21(13-7-10-19)23(17-5-6-18-23)22-14-8-11-20(2)15-16-22/h19-22H,3-18H2,1-2H3. The number of hydrogen-bond donors (Lipinski definition) is 0. The minimum Gasteiger partial charge on any atom is -0.0625 e. The maximum atomic E-state index is 2.51. The van der Waals surface area contributed by atoms with Gasteiger partial charge in [0, 0.05) is 0 Å². The van der Waals surface area contributed by atoms with Crippen LogP contribution in [-0.4, -0.2) is 0 Å². The fraction of sp³-hybridized carbons (Fsp3) is 1.00. The Morgan fingerprint density at radius 2 is 0.957 bits per heavy atom. The van der Waals surface area contributed by atoms with Crippen LogP contribution in [0.1, 0.15) is 117 Å². The SMILES string of the molecule is CC1CCCCC(C2(C3CCCC(C)CC3)CCCC2)CCC1. The van der Waals surface area contributed by atoms with Crippen molar-refractivity contribution in [1.82, 2.24) is 0 Å². The van der Waals surface area contributed by atoms with Crippen LogP contribution in [0.15, 0.2) is 0 Å². The molecule has 3 saturated carbocycles. The third kappa shape index (κ3) is 4.35. The van der Waals surface area contributed by atoms with Gasteiger partial charge < -0.3 is 0 Å². The highest BCUT2D eigenvalue weighted by Crippen LogP contribution is 2.56. The Bertz CT molecular complexity index is 338. The average Bonchev–Trinajstić information content (AvgIpc) is 2.96. The van der Waals surface area contributed by atoms with Gasteiger partial charge in [0.25, 0.3) is 0 Å². The van der Waals surface area contributed by atoms with Crippen LogP contribution in [0.3, 0.4) is 0 Å². The summed E-state index contributed by atoms with van der Waals surface area (Å²) in [5, 5.41) is 0. The molecule has 4 unspecified atom stereocenters. The van der Waals surface area contributed by atoms with Gasteiger partial charge in [0.2, 0.25) is 0 Å². The first-order chi connectivity index (χ1) is 11.2. The summed E-state index contributed by atoms with van der Waals surface area (Å²) in [5.41, 5.74) is 0.775. The van der Waals surface area contributed by atoms with Gasteiger partial charge in [-0.1, -0.05) is 78.1 Å². The fourth-order valence-electron chi connectivity index (χ4n) is 6.70. The lowest BCUT2D eigenvalue weighted by atomic mass is 9.60. The van der Waals surface area contributed by atoms with Crippen molar-refractivity contribution < 1.29 is 0 Å². The molecule has 3 rings (SSSR count). The molecule has 3 aliphatic carbocycles. The van der Waals surface area contributed by atoms with E-state index in [-0.39, 0.29) is 0 Å². The summed E-state index contributed by atoms with van der Waals surface area (Å²) in [5.74, 6) is 4.15. The van der Waals surface area contributed by atoms with Gasteiger partial charge in [-0.15, -0.1) is 0 Å². The molecule has 0 radical (unpaired) electrons. The molecule has 0 bridgehead atoms. The fourth-order valence-corrected chi connectivity index (χ4v) is 6.70. The molecule has 0 heterocycles. The smallest absolute Gasteiger partial charge is 0.0241 e. The molecule has 23 heavy (non-hydrogen) atoms. The maximum Gasteiger partial charge on any atom is -0.0241 e. The van der Waals surface area contributed by atoms with Crippen LogP contribution in [0.5, 0.6) is 0 Å². The lowest BCUT2D eigenvalue weighted by molar-refractivity contribution is 0.0497. The van der Waals surface area contributed by atoms with E-state index in [0.717, 1.165) is 29.1 Å². The third-order valence-electron chi connectivity index (χ3n) is 8.17. The lowest BCUT2D eigenvalue weighted by Gasteiger charge is -2.45. The zero-order valence-corrected chi connectivity index (χ0v) is 16.1. The molecule has 0 N–H and O–H groups in total. The topological polar surface area (TPSA) is 0 Å². The van der Waals surface area contributed by atoms with Crippen molar-refractivity contribution in [3.05, 3.63) is 0 Å². The summed E-state index contributed by atoms with van der Waals surface area (Å²) in [6.45, 7) is 5.00. The van der Waals surface area contributed by atoms with E-state index in [0.29, 0.717) is 0 Å². The van der Waals surface area contributed by atoms with Crippen molar-refractivity contribution in [1.29, 1.82) is 0 Å². The first-order valence-corrected chi connectivity index (χ1v) is 11.2. The zero-order valence-electron chi connectivity index (χ0n) is 16.1. The van der Waals surface area contributed by atoms with Gasteiger partial charge in [-0.05, 0) is 67.6 Å². The highest BCUT2D eigenvalue weighted by molar-refractivity contribution is 4.96. The van der Waals surface area contributed by atoms with Gasteiger partial charge in [0.05, 0.1) is 0 Å². The molecule has 0 heteroatoms. The molecule has 0 amide bonds. The molecule has 3 fully saturated rings. The van der Waals surface area contributed by atoms with Crippen LogP contribution in [-0.2, 0) is 0 Å². The quantitative estimate of drug-likeness (QED) is 0.456. The molecule has 0 nitrogen and oxygen atoms in total. The van der Waals surface area contributed by atoms with Gasteiger partial charge in [0.15, 0.2) is 0 Å². The van der Waals surface area contributed by atoms with E-state index in [2.05, 4.69) is 13.8 Å². The Kier molecular flexibility index (Phi) is 6.50. The van der Waals surface area contributed by atoms with Crippen molar-refractivity contribution >= 4 is 0 Å². The van der Waals surface area contributed by atoms with Crippen molar-refractivity contribution in [3.8, 4) is 0 Å². The van der Waals surface area contributed by atoms with Gasteiger partial charge in [0.1, 0.15) is 0 Å². The second-order valence-corrected chi connectivity index (χ2v) is 9.77. The van der Waals surface area contributed by atoms with Gasteiger partial charge in [-0.25, -0.2) is 0 Å². The van der Waals surface area contributed by atoms with Crippen LogP contribution in [0, 0.1) is 29.1 Å². The Morgan fingerprint density at radius 1 is 0.478 bits per heavy atom. The first kappa shape index (κ1) is 17.8. The highest BCUT2D eigenvalue weighted by atomic mass is 14.5. The van der Waals surface area contributed by atoms with Crippen LogP contribution in [0.2, 0.25) is 0 Å². The molecule has 0 saturated heterocycles. The van der Waals surface area contributed by atoms with E-state index < -0.39 is 0 Å². The molecule has 0 aromatic heterocycles. The summed E-state index contributed by atoms with van der Waals surface area (Å²) in [6, 6.07) is 0. The molecule has 0 aromatic carbocycles. The maximum absolute atomic E-state index is 2.51. The second kappa shape index (κ2) is 8.39. The molecule has 0 aliphatic heterocycles. The molecule has 4 atom stereocenters. The summed E-state index contributed by atoms with van der Waals surface area (Å²) in [7, 11) is 0. The summed E-state index contributed by atoms with van der Waals surface area (Å²) < 4.78 is 0. The third-order valence-corrected chi connectivity index (χ3v) is 8.17. The summed E-state index contributed by atoms with van der Waals surface area (Å²) in [6.07, 6.45) is 24.7. The van der Waals surface area contributed by atoms with E-state index in [4.69, 9.17) is 0 Å². The first-order valence-electron chi connectivity index (χ1n) is 11.2. The van der Waals surface area contributed by atoms with Gasteiger partial charge in [-0.2, -0.15) is 0 Å². The second-order valence-electron chi connectivity index (χ2n) is 9.77. The van der Waals surface area contributed by atoms with E-state index in [1.165, 1.54) is 51.4 Å². The lowest BCUT2D eigenvalue weighted by Crippen LogP contribution is -2.36. The molecule has 134 valence electrons. The van der Waals surface area contributed by atoms with Gasteiger partial charge >= 0.3 is 0 Å². The Morgan fingerprint density at radius 3 is 1.65 bits per heavy atom.